The molecule has 0 spiro atoms. The van der Waals surface area contributed by atoms with Crippen LogP contribution >= 0.6 is 0 Å². The predicted octanol–water partition coefficient (Wildman–Crippen LogP) is 0.989. The number of hydrogen-bond acceptors (Lipinski definition) is 4. The van der Waals surface area contributed by atoms with Crippen LogP contribution in [0.4, 0.5) is 0 Å². The lowest BCUT2D eigenvalue weighted by Gasteiger charge is -2.00. The number of Topliss-reactive ketones (excluding diaryl/α,β-unsaturated/α-hetero) is 1. The smallest absolute Gasteiger partial charge is 0.379 e. The molecule has 2 aromatic rings. The fourth-order valence-electron chi connectivity index (χ4n) is 1.92. The van der Waals surface area contributed by atoms with E-state index in [0.29, 0.717) is 17.5 Å². The van der Waals surface area contributed by atoms with Crippen LogP contribution in [-0.4, -0.2) is 35.1 Å². The summed E-state index contributed by atoms with van der Waals surface area (Å²) < 4.78 is 6.18. The Balaban J connectivity index is 2.57. The third kappa shape index (κ3) is 2.00. The fourth-order valence-corrected chi connectivity index (χ4v) is 1.92. The number of benzene rings is 1. The van der Waals surface area contributed by atoms with Crippen molar-refractivity contribution < 1.29 is 19.4 Å². The summed E-state index contributed by atoms with van der Waals surface area (Å²) in [6.07, 6.45) is 1.57. The van der Waals surface area contributed by atoms with Gasteiger partial charge in [0.25, 0.3) is 5.78 Å². The van der Waals surface area contributed by atoms with E-state index in [-0.39, 0.29) is 6.61 Å². The van der Waals surface area contributed by atoms with Gasteiger partial charge >= 0.3 is 5.97 Å². The first-order valence-electron chi connectivity index (χ1n) is 5.50. The fraction of sp³-hybridized carbons (Fsp3) is 0.231. The lowest BCUT2D eigenvalue weighted by molar-refractivity contribution is -0.135. The lowest BCUT2D eigenvalue weighted by Crippen LogP contribution is -2.15. The monoisotopic (exact) mass is 247 g/mol. The Hall–Kier alpha value is -2.14. The number of aromatic nitrogens is 1. The molecule has 0 aliphatic heterocycles. The van der Waals surface area contributed by atoms with Crippen LogP contribution in [0, 0.1) is 0 Å². The van der Waals surface area contributed by atoms with Gasteiger partial charge in [-0.25, -0.2) is 4.79 Å². The minimum absolute atomic E-state index is 0.0372. The molecule has 1 N–H and O–H groups in total. The molecule has 0 bridgehead atoms. The number of para-hydroxylation sites is 1. The van der Waals surface area contributed by atoms with Gasteiger partial charge in [0.05, 0.1) is 19.3 Å². The van der Waals surface area contributed by atoms with Gasteiger partial charge in [-0.3, -0.25) is 4.79 Å². The molecule has 0 atom stereocenters. The molecular weight excluding hydrogens is 234 g/mol. The molecule has 1 heterocycles. The zero-order valence-electron chi connectivity index (χ0n) is 9.92. The molecule has 0 aliphatic rings. The van der Waals surface area contributed by atoms with E-state index in [9.17, 15) is 9.59 Å². The molecular formula is C13H13NO4. The van der Waals surface area contributed by atoms with Crippen LogP contribution in [0.2, 0.25) is 0 Å². The Kier molecular flexibility index (Phi) is 3.43. The Morgan fingerprint density at radius 2 is 2.06 bits per heavy atom. The van der Waals surface area contributed by atoms with Gasteiger partial charge in [-0.1, -0.05) is 18.2 Å². The standard InChI is InChI=1S/C13H13NO4/c1-18-13(17)12(16)10-8-14(6-7-15)11-5-3-2-4-9(10)11/h2-5,8,15H,6-7H2,1H3. The number of carbonyl (C=O) groups is 2. The van der Waals surface area contributed by atoms with Crippen LogP contribution < -0.4 is 0 Å². The van der Waals surface area contributed by atoms with Crippen LogP contribution in [0.1, 0.15) is 10.4 Å². The summed E-state index contributed by atoms with van der Waals surface area (Å²) in [5.41, 5.74) is 1.10. The van der Waals surface area contributed by atoms with E-state index in [1.807, 2.05) is 12.1 Å². The van der Waals surface area contributed by atoms with Gasteiger partial charge in [0.2, 0.25) is 0 Å². The van der Waals surface area contributed by atoms with E-state index < -0.39 is 11.8 Å². The Morgan fingerprint density at radius 3 is 2.72 bits per heavy atom. The average molecular weight is 247 g/mol. The summed E-state index contributed by atoms with van der Waals surface area (Å²) in [5.74, 6) is -1.56. The third-order valence-corrected chi connectivity index (χ3v) is 2.74. The van der Waals surface area contributed by atoms with Crippen LogP contribution in [0.5, 0.6) is 0 Å². The number of aliphatic hydroxyl groups excluding tert-OH is 1. The zero-order valence-corrected chi connectivity index (χ0v) is 9.92. The van der Waals surface area contributed by atoms with Crippen LogP contribution in [0.15, 0.2) is 30.5 Å². The minimum Gasteiger partial charge on any atom is -0.463 e. The van der Waals surface area contributed by atoms with E-state index in [4.69, 9.17) is 5.11 Å². The van der Waals surface area contributed by atoms with Crippen LogP contribution in [0.25, 0.3) is 10.9 Å². The first-order valence-corrected chi connectivity index (χ1v) is 5.50. The SMILES string of the molecule is COC(=O)C(=O)c1cn(CCO)c2ccccc12. The van der Waals surface area contributed by atoms with Crippen molar-refractivity contribution in [3.05, 3.63) is 36.0 Å². The van der Waals surface area contributed by atoms with Crippen molar-refractivity contribution in [3.8, 4) is 0 Å². The van der Waals surface area contributed by atoms with Crippen molar-refractivity contribution in [1.82, 2.24) is 4.57 Å². The second-order valence-corrected chi connectivity index (χ2v) is 3.80. The van der Waals surface area contributed by atoms with E-state index in [1.54, 1.807) is 22.9 Å². The number of esters is 1. The number of methoxy groups -OCH3 is 1. The second kappa shape index (κ2) is 5.01. The van der Waals surface area contributed by atoms with E-state index in [2.05, 4.69) is 4.74 Å². The van der Waals surface area contributed by atoms with Gasteiger partial charge in [0, 0.05) is 23.6 Å². The molecule has 0 saturated heterocycles. The highest BCUT2D eigenvalue weighted by Gasteiger charge is 2.21. The molecule has 0 fully saturated rings. The van der Waals surface area contributed by atoms with Gasteiger partial charge in [-0.05, 0) is 6.07 Å². The molecule has 1 aromatic carbocycles. The van der Waals surface area contributed by atoms with E-state index in [1.165, 1.54) is 7.11 Å². The molecule has 18 heavy (non-hydrogen) atoms. The number of ketones is 1. The summed E-state index contributed by atoms with van der Waals surface area (Å²) >= 11 is 0. The van der Waals surface area contributed by atoms with Crippen LogP contribution in [-0.2, 0) is 16.1 Å². The number of ether oxygens (including phenoxy) is 1. The van der Waals surface area contributed by atoms with Gasteiger partial charge in [-0.2, -0.15) is 0 Å². The predicted molar refractivity (Wildman–Crippen MR) is 65.4 cm³/mol. The Morgan fingerprint density at radius 1 is 1.33 bits per heavy atom. The molecule has 5 nitrogen and oxygen atoms in total. The van der Waals surface area contributed by atoms with E-state index in [0.717, 1.165) is 5.52 Å². The highest BCUT2D eigenvalue weighted by molar-refractivity contribution is 6.42. The molecule has 0 amide bonds. The number of rotatable bonds is 4. The molecule has 0 aliphatic carbocycles. The maximum atomic E-state index is 11.9. The van der Waals surface area contributed by atoms with Crippen molar-refractivity contribution in [1.29, 1.82) is 0 Å². The summed E-state index contributed by atoms with van der Waals surface area (Å²) in [4.78, 5) is 23.1. The maximum Gasteiger partial charge on any atom is 0.379 e. The van der Waals surface area contributed by atoms with Gasteiger partial charge in [0.15, 0.2) is 0 Å². The number of carbonyl (C=O) groups excluding carboxylic acids is 2. The molecule has 0 saturated carbocycles. The second-order valence-electron chi connectivity index (χ2n) is 3.80. The molecule has 94 valence electrons. The van der Waals surface area contributed by atoms with Crippen molar-refractivity contribution in [2.24, 2.45) is 0 Å². The van der Waals surface area contributed by atoms with Crippen molar-refractivity contribution in [3.63, 3.8) is 0 Å². The summed E-state index contributed by atoms with van der Waals surface area (Å²) in [6, 6.07) is 7.22. The largest absolute Gasteiger partial charge is 0.463 e. The van der Waals surface area contributed by atoms with E-state index >= 15 is 0 Å². The maximum absolute atomic E-state index is 11.9. The molecule has 5 heteroatoms. The van der Waals surface area contributed by atoms with Gasteiger partial charge < -0.3 is 14.4 Å². The molecule has 1 aromatic heterocycles. The number of nitrogens with zero attached hydrogens (tertiary/aromatic N) is 1. The van der Waals surface area contributed by atoms with Gasteiger partial charge in [0.1, 0.15) is 0 Å². The highest BCUT2D eigenvalue weighted by Crippen LogP contribution is 2.22. The first-order chi connectivity index (χ1) is 8.69. The summed E-state index contributed by atoms with van der Waals surface area (Å²) in [7, 11) is 1.17. The third-order valence-electron chi connectivity index (χ3n) is 2.74. The normalized spacial score (nSPS) is 10.6. The van der Waals surface area contributed by atoms with Crippen LogP contribution in [0.3, 0.4) is 0 Å². The Labute approximate surface area is 104 Å². The molecule has 0 radical (unpaired) electrons. The zero-order chi connectivity index (χ0) is 13.1. The lowest BCUT2D eigenvalue weighted by atomic mass is 10.1. The van der Waals surface area contributed by atoms with Crippen molar-refractivity contribution >= 4 is 22.7 Å². The van der Waals surface area contributed by atoms with Crippen molar-refractivity contribution in [2.45, 2.75) is 6.54 Å². The number of fused-ring (bicyclic) bond motifs is 1. The highest BCUT2D eigenvalue weighted by atomic mass is 16.5. The average Bonchev–Trinajstić information content (AvgIpc) is 2.77. The summed E-state index contributed by atoms with van der Waals surface area (Å²) in [5, 5.41) is 9.67. The number of hydrogen-bond donors (Lipinski definition) is 1. The Bertz CT molecular complexity index is 600. The number of aliphatic hydroxyl groups is 1. The summed E-state index contributed by atoms with van der Waals surface area (Å²) in [6.45, 7) is 0.333. The quantitative estimate of drug-likeness (QED) is 0.497. The van der Waals surface area contributed by atoms with Gasteiger partial charge in [-0.15, -0.1) is 0 Å². The topological polar surface area (TPSA) is 68.5 Å². The molecule has 2 rings (SSSR count). The van der Waals surface area contributed by atoms with Crippen molar-refractivity contribution in [2.75, 3.05) is 13.7 Å². The minimum atomic E-state index is -0.887. The molecule has 0 unspecified atom stereocenters. The first kappa shape index (κ1) is 12.3.